The topological polar surface area (TPSA) is 81.1 Å². The maximum absolute atomic E-state index is 13.9. The van der Waals surface area contributed by atoms with E-state index >= 15 is 0 Å². The Labute approximate surface area is 213 Å². The lowest BCUT2D eigenvalue weighted by atomic mass is 10.0. The Hall–Kier alpha value is -2.37. The minimum Gasteiger partial charge on any atom is -0.389 e. The standard InChI is InChI=1S/C26H26N2O4S3/c29-25-15-27(13-19-5-1-3-7-23(19)21-9-11-33-17-21)35(31,32)28(16-26(25)30)14-20-6-2-4-8-24(20)22-10-12-34-18-22/h1-12,17-18,25-26,29-30H,13-16H2/t25-,26-/m0/s1. The largest absolute Gasteiger partial charge is 0.389 e. The van der Waals surface area contributed by atoms with Crippen molar-refractivity contribution in [3.63, 3.8) is 0 Å². The molecule has 182 valence electrons. The van der Waals surface area contributed by atoms with Crippen LogP contribution in [0.15, 0.2) is 82.2 Å². The molecule has 35 heavy (non-hydrogen) atoms. The lowest BCUT2D eigenvalue weighted by Gasteiger charge is -2.28. The number of nitrogens with zero attached hydrogens (tertiary/aromatic N) is 2. The lowest BCUT2D eigenvalue weighted by molar-refractivity contribution is 0.00890. The quantitative estimate of drug-likeness (QED) is 0.390. The molecule has 0 aliphatic carbocycles. The van der Waals surface area contributed by atoms with Gasteiger partial charge in [-0.05, 0) is 67.0 Å². The van der Waals surface area contributed by atoms with Gasteiger partial charge in [0.25, 0.3) is 10.2 Å². The van der Waals surface area contributed by atoms with Gasteiger partial charge in [0.2, 0.25) is 0 Å². The summed E-state index contributed by atoms with van der Waals surface area (Å²) in [6.07, 6.45) is -2.37. The van der Waals surface area contributed by atoms with E-state index in [9.17, 15) is 18.6 Å². The third-order valence-electron chi connectivity index (χ3n) is 6.27. The summed E-state index contributed by atoms with van der Waals surface area (Å²) in [6, 6.07) is 19.4. The molecule has 2 aromatic heterocycles. The van der Waals surface area contributed by atoms with Gasteiger partial charge in [-0.15, -0.1) is 0 Å². The molecule has 9 heteroatoms. The first-order valence-electron chi connectivity index (χ1n) is 11.3. The Balaban J connectivity index is 1.49. The fourth-order valence-corrected chi connectivity index (χ4v) is 7.32. The molecular formula is C26H26N2O4S3. The third-order valence-corrected chi connectivity index (χ3v) is 9.50. The van der Waals surface area contributed by atoms with Crippen LogP contribution in [0.25, 0.3) is 22.3 Å². The summed E-state index contributed by atoms with van der Waals surface area (Å²) in [6.45, 7) is -0.157. The van der Waals surface area contributed by atoms with Crippen molar-refractivity contribution >= 4 is 32.9 Å². The van der Waals surface area contributed by atoms with Crippen LogP contribution in [0, 0.1) is 0 Å². The highest BCUT2D eigenvalue weighted by Gasteiger charge is 2.39. The van der Waals surface area contributed by atoms with Gasteiger partial charge in [-0.1, -0.05) is 48.5 Å². The van der Waals surface area contributed by atoms with Crippen LogP contribution in [0.4, 0.5) is 0 Å². The second-order valence-electron chi connectivity index (χ2n) is 8.57. The van der Waals surface area contributed by atoms with Crippen LogP contribution in [-0.2, 0) is 23.3 Å². The summed E-state index contributed by atoms with van der Waals surface area (Å²) in [4.78, 5) is 0. The predicted molar refractivity (Wildman–Crippen MR) is 141 cm³/mol. The molecule has 1 aliphatic heterocycles. The fraction of sp³-hybridized carbons (Fsp3) is 0.231. The molecule has 4 aromatic rings. The van der Waals surface area contributed by atoms with Gasteiger partial charge < -0.3 is 10.2 Å². The minimum atomic E-state index is -3.98. The van der Waals surface area contributed by atoms with E-state index in [-0.39, 0.29) is 26.2 Å². The molecule has 3 heterocycles. The molecule has 1 fully saturated rings. The second-order valence-corrected chi connectivity index (χ2v) is 12.1. The van der Waals surface area contributed by atoms with Crippen LogP contribution in [0.2, 0.25) is 0 Å². The number of thiophene rings is 2. The first-order valence-corrected chi connectivity index (χ1v) is 14.5. The molecule has 0 spiro atoms. The highest BCUT2D eigenvalue weighted by atomic mass is 32.2. The summed E-state index contributed by atoms with van der Waals surface area (Å²) in [5.74, 6) is 0. The number of β-amino-alcohol motifs (C(OH)–C–C–N with tert-alkyl or cyclic N) is 2. The van der Waals surface area contributed by atoms with Crippen LogP contribution < -0.4 is 0 Å². The van der Waals surface area contributed by atoms with Gasteiger partial charge >= 0.3 is 0 Å². The molecule has 0 amide bonds. The molecule has 0 radical (unpaired) electrons. The zero-order valence-electron chi connectivity index (χ0n) is 18.9. The summed E-state index contributed by atoms with van der Waals surface area (Å²) >= 11 is 3.16. The first-order chi connectivity index (χ1) is 16.9. The molecule has 1 saturated heterocycles. The number of rotatable bonds is 6. The highest BCUT2D eigenvalue weighted by Crippen LogP contribution is 2.31. The fourth-order valence-electron chi connectivity index (χ4n) is 4.40. The Morgan fingerprint density at radius 1 is 0.714 bits per heavy atom. The Morgan fingerprint density at radius 2 is 1.14 bits per heavy atom. The molecule has 0 saturated carbocycles. The van der Waals surface area contributed by atoms with Gasteiger partial charge in [0.1, 0.15) is 0 Å². The second kappa shape index (κ2) is 10.3. The van der Waals surface area contributed by atoms with Crippen LogP contribution in [0.3, 0.4) is 0 Å². The third kappa shape index (κ3) is 5.12. The van der Waals surface area contributed by atoms with Crippen molar-refractivity contribution < 1.29 is 18.6 Å². The summed E-state index contributed by atoms with van der Waals surface area (Å²) in [7, 11) is -3.98. The Bertz CT molecular complexity index is 1270. The maximum Gasteiger partial charge on any atom is 0.282 e. The van der Waals surface area contributed by atoms with E-state index in [0.717, 1.165) is 33.4 Å². The molecule has 2 aromatic carbocycles. The van der Waals surface area contributed by atoms with Crippen LogP contribution in [-0.4, -0.2) is 52.5 Å². The number of benzene rings is 2. The zero-order chi connectivity index (χ0) is 24.4. The van der Waals surface area contributed by atoms with Gasteiger partial charge in [0, 0.05) is 26.2 Å². The number of hydrogen-bond donors (Lipinski definition) is 2. The summed E-state index contributed by atoms with van der Waals surface area (Å²) in [5, 5.41) is 29.2. The van der Waals surface area contributed by atoms with E-state index in [1.165, 1.54) is 8.61 Å². The lowest BCUT2D eigenvalue weighted by Crippen LogP contribution is -2.42. The molecular weight excluding hydrogens is 500 g/mol. The van der Waals surface area contributed by atoms with E-state index in [2.05, 4.69) is 0 Å². The van der Waals surface area contributed by atoms with Gasteiger partial charge in [-0.3, -0.25) is 0 Å². The van der Waals surface area contributed by atoms with Gasteiger partial charge in [0.15, 0.2) is 0 Å². The summed E-state index contributed by atoms with van der Waals surface area (Å²) < 4.78 is 30.3. The van der Waals surface area contributed by atoms with Gasteiger partial charge in [0.05, 0.1) is 12.2 Å². The first kappa shape index (κ1) is 24.3. The Kier molecular flexibility index (Phi) is 7.17. The molecule has 2 atom stereocenters. The minimum absolute atomic E-state index is 0.0980. The number of aliphatic hydroxyl groups excluding tert-OH is 2. The SMILES string of the molecule is O=S1(=O)N(Cc2ccccc2-c2ccsc2)C[C@H](O)[C@@H](O)CN1Cc1ccccc1-c1ccsc1. The zero-order valence-corrected chi connectivity index (χ0v) is 21.3. The van der Waals surface area contributed by atoms with E-state index in [1.807, 2.05) is 82.2 Å². The van der Waals surface area contributed by atoms with Crippen LogP contribution in [0.1, 0.15) is 11.1 Å². The van der Waals surface area contributed by atoms with Crippen molar-refractivity contribution in [3.8, 4) is 22.3 Å². The molecule has 0 bridgehead atoms. The molecule has 1 aliphatic rings. The average molecular weight is 527 g/mol. The number of hydrogen-bond acceptors (Lipinski definition) is 6. The van der Waals surface area contributed by atoms with Crippen LogP contribution in [0.5, 0.6) is 0 Å². The monoisotopic (exact) mass is 526 g/mol. The van der Waals surface area contributed by atoms with Gasteiger partial charge in [-0.2, -0.15) is 39.7 Å². The average Bonchev–Trinajstić information content (AvgIpc) is 3.57. The van der Waals surface area contributed by atoms with Gasteiger partial charge in [-0.25, -0.2) is 0 Å². The normalized spacial score (nSPS) is 21.1. The number of aliphatic hydroxyl groups is 2. The van der Waals surface area contributed by atoms with Crippen molar-refractivity contribution in [1.29, 1.82) is 0 Å². The van der Waals surface area contributed by atoms with Crippen molar-refractivity contribution in [2.24, 2.45) is 0 Å². The Morgan fingerprint density at radius 3 is 1.54 bits per heavy atom. The van der Waals surface area contributed by atoms with Crippen molar-refractivity contribution in [3.05, 3.63) is 93.3 Å². The van der Waals surface area contributed by atoms with Crippen molar-refractivity contribution in [1.82, 2.24) is 8.61 Å². The molecule has 5 rings (SSSR count). The van der Waals surface area contributed by atoms with E-state index in [1.54, 1.807) is 22.7 Å². The van der Waals surface area contributed by atoms with Crippen molar-refractivity contribution in [2.45, 2.75) is 25.3 Å². The van der Waals surface area contributed by atoms with E-state index in [0.29, 0.717) is 0 Å². The van der Waals surface area contributed by atoms with E-state index in [4.69, 9.17) is 0 Å². The van der Waals surface area contributed by atoms with E-state index < -0.39 is 22.4 Å². The highest BCUT2D eigenvalue weighted by molar-refractivity contribution is 7.86. The van der Waals surface area contributed by atoms with Crippen molar-refractivity contribution in [2.75, 3.05) is 13.1 Å². The van der Waals surface area contributed by atoms with Crippen LogP contribution >= 0.6 is 22.7 Å². The molecule has 6 nitrogen and oxygen atoms in total. The maximum atomic E-state index is 13.9. The predicted octanol–water partition coefficient (Wildman–Crippen LogP) is 4.43. The summed E-state index contributed by atoms with van der Waals surface area (Å²) in [5.41, 5.74) is 5.66. The molecule has 0 unspecified atom stereocenters. The molecule has 2 N–H and O–H groups in total. The smallest absolute Gasteiger partial charge is 0.282 e.